The minimum atomic E-state index is -4.95. The van der Waals surface area contributed by atoms with Gasteiger partial charge >= 0.3 is 18.3 Å². The first-order valence-corrected chi connectivity index (χ1v) is 9.60. The number of halogens is 6. The summed E-state index contributed by atoms with van der Waals surface area (Å²) in [5.41, 5.74) is -2.40. The lowest BCUT2D eigenvalue weighted by Gasteiger charge is -2.27. The summed E-state index contributed by atoms with van der Waals surface area (Å²) in [5.74, 6) is -2.34. The van der Waals surface area contributed by atoms with Gasteiger partial charge in [-0.15, -0.1) is 0 Å². The number of benzene rings is 2. The van der Waals surface area contributed by atoms with Gasteiger partial charge in [-0.3, -0.25) is 4.79 Å². The summed E-state index contributed by atoms with van der Waals surface area (Å²) in [6.45, 7) is 1.37. The Balaban J connectivity index is 1.93. The van der Waals surface area contributed by atoms with Crippen molar-refractivity contribution >= 4 is 5.97 Å². The van der Waals surface area contributed by atoms with Gasteiger partial charge in [-0.25, -0.2) is 0 Å². The third kappa shape index (κ3) is 5.20. The van der Waals surface area contributed by atoms with Crippen LogP contribution in [0.2, 0.25) is 0 Å². The Kier molecular flexibility index (Phi) is 6.36. The number of rotatable bonds is 5. The van der Waals surface area contributed by atoms with Crippen LogP contribution in [-0.2, 0) is 21.9 Å². The zero-order valence-corrected chi connectivity index (χ0v) is 16.4. The van der Waals surface area contributed by atoms with Crippen molar-refractivity contribution in [3.05, 3.63) is 70.8 Å². The molecule has 0 amide bonds. The molecule has 0 radical (unpaired) electrons. The molecule has 0 aliphatic heterocycles. The molecule has 0 saturated heterocycles. The van der Waals surface area contributed by atoms with E-state index in [4.69, 9.17) is 4.74 Å². The Hall–Kier alpha value is -2.55. The molecule has 1 saturated carbocycles. The molecule has 31 heavy (non-hydrogen) atoms. The van der Waals surface area contributed by atoms with E-state index in [0.717, 1.165) is 0 Å². The van der Waals surface area contributed by atoms with Gasteiger partial charge in [0.25, 0.3) is 0 Å². The fourth-order valence-corrected chi connectivity index (χ4v) is 4.07. The van der Waals surface area contributed by atoms with Crippen molar-refractivity contribution in [3.63, 3.8) is 0 Å². The first kappa shape index (κ1) is 23.1. The Bertz CT molecular complexity index is 891. The standard InChI is InChI=1S/C22H20F6O3/c1-12(14-9-15(21(23,24)25)11-16(10-14)22(26,27)28)31-18-8-7-17(20(29)30)19(18)13-5-3-2-4-6-13/h2-6,9-12,17-19H,7-8H2,1H3,(H,29,30)/t12-,17?,18?,19?/m1/s1. The van der Waals surface area contributed by atoms with E-state index in [9.17, 15) is 36.2 Å². The smallest absolute Gasteiger partial charge is 0.416 e. The molecular weight excluding hydrogens is 426 g/mol. The van der Waals surface area contributed by atoms with Crippen molar-refractivity contribution in [1.82, 2.24) is 0 Å². The molecule has 3 unspecified atom stereocenters. The first-order chi connectivity index (χ1) is 14.4. The summed E-state index contributed by atoms with van der Waals surface area (Å²) in [5, 5.41) is 9.56. The monoisotopic (exact) mass is 446 g/mol. The Morgan fingerprint density at radius 1 is 0.968 bits per heavy atom. The maximum Gasteiger partial charge on any atom is 0.416 e. The minimum absolute atomic E-state index is 0.0685. The highest BCUT2D eigenvalue weighted by atomic mass is 19.4. The number of hydrogen-bond acceptors (Lipinski definition) is 2. The Labute approximate surface area is 174 Å². The highest BCUT2D eigenvalue weighted by Gasteiger charge is 2.43. The molecule has 1 aliphatic rings. The molecule has 0 spiro atoms. The molecule has 9 heteroatoms. The van der Waals surface area contributed by atoms with Crippen molar-refractivity contribution in [2.75, 3.05) is 0 Å². The molecule has 1 fully saturated rings. The minimum Gasteiger partial charge on any atom is -0.481 e. The number of hydrogen-bond donors (Lipinski definition) is 1. The average molecular weight is 446 g/mol. The maximum absolute atomic E-state index is 13.2. The van der Waals surface area contributed by atoms with Crippen molar-refractivity contribution in [1.29, 1.82) is 0 Å². The third-order valence-electron chi connectivity index (χ3n) is 5.56. The second kappa shape index (κ2) is 8.53. The molecular formula is C22H20F6O3. The normalized spacial score (nSPS) is 23.0. The van der Waals surface area contributed by atoms with E-state index in [2.05, 4.69) is 0 Å². The van der Waals surface area contributed by atoms with E-state index in [1.165, 1.54) is 6.92 Å². The summed E-state index contributed by atoms with van der Waals surface area (Å²) in [6.07, 6.45) is -11.1. The number of carbonyl (C=O) groups is 1. The predicted octanol–water partition coefficient (Wildman–Crippen LogP) is 6.45. The zero-order chi connectivity index (χ0) is 23.0. The highest BCUT2D eigenvalue weighted by Crippen LogP contribution is 2.44. The van der Waals surface area contributed by atoms with E-state index in [-0.39, 0.29) is 11.6 Å². The van der Waals surface area contributed by atoms with E-state index < -0.39 is 53.5 Å². The molecule has 1 N–H and O–H groups in total. The summed E-state index contributed by atoms with van der Waals surface area (Å²) in [7, 11) is 0. The zero-order valence-electron chi connectivity index (χ0n) is 16.4. The van der Waals surface area contributed by atoms with Gasteiger partial charge in [0, 0.05) is 5.92 Å². The first-order valence-electron chi connectivity index (χ1n) is 9.60. The largest absolute Gasteiger partial charge is 0.481 e. The quantitative estimate of drug-likeness (QED) is 0.537. The fourth-order valence-electron chi connectivity index (χ4n) is 4.07. The van der Waals surface area contributed by atoms with Crippen LogP contribution in [-0.4, -0.2) is 17.2 Å². The fraction of sp³-hybridized carbons (Fsp3) is 0.409. The van der Waals surface area contributed by atoms with Gasteiger partial charge in [-0.05, 0) is 49.1 Å². The lowest BCUT2D eigenvalue weighted by Crippen LogP contribution is -2.26. The molecule has 3 nitrogen and oxygen atoms in total. The van der Waals surface area contributed by atoms with Crippen LogP contribution in [0.15, 0.2) is 48.5 Å². The van der Waals surface area contributed by atoms with E-state index in [1.54, 1.807) is 30.3 Å². The molecule has 1 aliphatic carbocycles. The van der Waals surface area contributed by atoms with Crippen LogP contribution < -0.4 is 0 Å². The Morgan fingerprint density at radius 3 is 2.00 bits per heavy atom. The molecule has 0 heterocycles. The molecule has 168 valence electrons. The summed E-state index contributed by atoms with van der Waals surface area (Å²) in [6, 6.07) is 10.0. The SMILES string of the molecule is C[C@@H](OC1CCC(C(=O)O)C1c1ccccc1)c1cc(C(F)(F)F)cc(C(F)(F)F)c1. The molecule has 3 rings (SSSR count). The van der Waals surface area contributed by atoms with Crippen molar-refractivity contribution < 1.29 is 41.0 Å². The second-order valence-electron chi connectivity index (χ2n) is 7.61. The number of carboxylic acid groups (broad SMARTS) is 1. The van der Waals surface area contributed by atoms with E-state index in [0.29, 0.717) is 30.5 Å². The van der Waals surface area contributed by atoms with E-state index in [1.807, 2.05) is 0 Å². The van der Waals surface area contributed by atoms with Crippen LogP contribution in [0.5, 0.6) is 0 Å². The molecule has 0 bridgehead atoms. The van der Waals surface area contributed by atoms with Gasteiger partial charge in [0.15, 0.2) is 0 Å². The lowest BCUT2D eigenvalue weighted by molar-refractivity contribution is -0.144. The number of ether oxygens (including phenoxy) is 1. The molecule has 2 aromatic carbocycles. The lowest BCUT2D eigenvalue weighted by atomic mass is 9.87. The summed E-state index contributed by atoms with van der Waals surface area (Å²) >= 11 is 0. The average Bonchev–Trinajstić information content (AvgIpc) is 3.10. The third-order valence-corrected chi connectivity index (χ3v) is 5.56. The van der Waals surface area contributed by atoms with Crippen LogP contribution in [0.3, 0.4) is 0 Å². The van der Waals surface area contributed by atoms with Crippen molar-refractivity contribution in [2.45, 2.75) is 50.2 Å². The second-order valence-corrected chi connectivity index (χ2v) is 7.61. The van der Waals surface area contributed by atoms with Gasteiger partial charge in [-0.2, -0.15) is 26.3 Å². The van der Waals surface area contributed by atoms with Crippen LogP contribution in [0.4, 0.5) is 26.3 Å². The number of aliphatic carboxylic acids is 1. The maximum atomic E-state index is 13.2. The highest BCUT2D eigenvalue weighted by molar-refractivity contribution is 5.72. The van der Waals surface area contributed by atoms with Gasteiger partial charge < -0.3 is 9.84 Å². The molecule has 0 aromatic heterocycles. The van der Waals surface area contributed by atoms with Crippen molar-refractivity contribution in [3.8, 4) is 0 Å². The van der Waals surface area contributed by atoms with Crippen molar-refractivity contribution in [2.24, 2.45) is 5.92 Å². The van der Waals surface area contributed by atoms with Gasteiger partial charge in [0.2, 0.25) is 0 Å². The van der Waals surface area contributed by atoms with Crippen LogP contribution in [0.1, 0.15) is 54.0 Å². The number of carboxylic acids is 1. The van der Waals surface area contributed by atoms with Crippen LogP contribution in [0, 0.1) is 5.92 Å². The Morgan fingerprint density at radius 2 is 1.52 bits per heavy atom. The van der Waals surface area contributed by atoms with Crippen LogP contribution >= 0.6 is 0 Å². The van der Waals surface area contributed by atoms with E-state index >= 15 is 0 Å². The summed E-state index contributed by atoms with van der Waals surface area (Å²) < 4.78 is 84.8. The van der Waals surface area contributed by atoms with Gasteiger partial charge in [0.05, 0.1) is 29.3 Å². The molecule has 4 atom stereocenters. The van der Waals surface area contributed by atoms with Gasteiger partial charge in [0.1, 0.15) is 0 Å². The molecule has 2 aromatic rings. The predicted molar refractivity (Wildman–Crippen MR) is 99.3 cm³/mol. The summed E-state index contributed by atoms with van der Waals surface area (Å²) in [4.78, 5) is 11.7. The topological polar surface area (TPSA) is 46.5 Å². The van der Waals surface area contributed by atoms with Crippen LogP contribution in [0.25, 0.3) is 0 Å². The number of alkyl halides is 6. The van der Waals surface area contributed by atoms with Gasteiger partial charge in [-0.1, -0.05) is 30.3 Å².